The Kier molecular flexibility index (Phi) is 5.77. The highest BCUT2D eigenvalue weighted by molar-refractivity contribution is 5.27. The molecule has 0 nitrogen and oxygen atoms in total. The monoisotopic (exact) mass is 315 g/mol. The Morgan fingerprint density at radius 2 is 1.70 bits per heavy atom. The van der Waals surface area contributed by atoms with Gasteiger partial charge in [0.1, 0.15) is 5.82 Å². The van der Waals surface area contributed by atoms with Crippen LogP contribution in [0.15, 0.2) is 18.2 Å². The Bertz CT molecular complexity index is 491. The summed E-state index contributed by atoms with van der Waals surface area (Å²) in [6.45, 7) is 4.25. The maximum Gasteiger partial charge on any atom is 0.126 e. The largest absolute Gasteiger partial charge is 0.207 e. The van der Waals surface area contributed by atoms with Crippen LogP contribution in [0, 0.1) is 30.5 Å². The van der Waals surface area contributed by atoms with E-state index in [4.69, 9.17) is 0 Å². The average molecular weight is 315 g/mol. The summed E-state index contributed by atoms with van der Waals surface area (Å²) in [5, 5.41) is 0. The summed E-state index contributed by atoms with van der Waals surface area (Å²) >= 11 is 0. The molecule has 1 radical (unpaired) electrons. The van der Waals surface area contributed by atoms with Crippen LogP contribution in [0.1, 0.15) is 88.2 Å². The van der Waals surface area contributed by atoms with Crippen molar-refractivity contribution in [3.63, 3.8) is 0 Å². The third-order valence-corrected chi connectivity index (χ3v) is 6.40. The highest BCUT2D eigenvalue weighted by atomic mass is 19.1. The minimum Gasteiger partial charge on any atom is -0.207 e. The van der Waals surface area contributed by atoms with Crippen LogP contribution in [0.4, 0.5) is 4.39 Å². The van der Waals surface area contributed by atoms with Gasteiger partial charge in [-0.2, -0.15) is 0 Å². The minimum absolute atomic E-state index is 0.0381. The van der Waals surface area contributed by atoms with Gasteiger partial charge in [-0.25, -0.2) is 4.39 Å². The first-order valence-corrected chi connectivity index (χ1v) is 9.71. The van der Waals surface area contributed by atoms with Crippen LogP contribution in [0.5, 0.6) is 0 Å². The van der Waals surface area contributed by atoms with Gasteiger partial charge in [-0.3, -0.25) is 0 Å². The van der Waals surface area contributed by atoms with E-state index in [0.717, 1.165) is 17.4 Å². The molecule has 0 heterocycles. The molecular weight excluding hydrogens is 283 g/mol. The second kappa shape index (κ2) is 7.81. The van der Waals surface area contributed by atoms with Crippen molar-refractivity contribution in [3.8, 4) is 0 Å². The van der Waals surface area contributed by atoms with Crippen molar-refractivity contribution in [2.24, 2.45) is 11.8 Å². The van der Waals surface area contributed by atoms with Gasteiger partial charge in [0.2, 0.25) is 0 Å². The summed E-state index contributed by atoms with van der Waals surface area (Å²) in [4.78, 5) is 0. The van der Waals surface area contributed by atoms with Crippen molar-refractivity contribution in [1.82, 2.24) is 0 Å². The molecule has 127 valence electrons. The van der Waals surface area contributed by atoms with Crippen molar-refractivity contribution < 1.29 is 4.39 Å². The zero-order valence-electron chi connectivity index (χ0n) is 14.9. The highest BCUT2D eigenvalue weighted by Gasteiger charge is 2.25. The highest BCUT2D eigenvalue weighted by Crippen LogP contribution is 2.40. The molecule has 0 aromatic heterocycles. The van der Waals surface area contributed by atoms with Crippen molar-refractivity contribution in [1.29, 1.82) is 0 Å². The van der Waals surface area contributed by atoms with Gasteiger partial charge in [-0.1, -0.05) is 44.7 Å². The third kappa shape index (κ3) is 4.58. The van der Waals surface area contributed by atoms with E-state index in [2.05, 4.69) is 13.0 Å². The molecule has 2 aliphatic rings. The smallest absolute Gasteiger partial charge is 0.126 e. The zero-order valence-corrected chi connectivity index (χ0v) is 14.9. The van der Waals surface area contributed by atoms with Gasteiger partial charge in [-0.15, -0.1) is 0 Å². The molecule has 1 aromatic rings. The number of hydrogen-bond donors (Lipinski definition) is 0. The Balaban J connectivity index is 1.42. The van der Waals surface area contributed by atoms with Crippen molar-refractivity contribution >= 4 is 0 Å². The fourth-order valence-electron chi connectivity index (χ4n) is 4.50. The van der Waals surface area contributed by atoms with Crippen LogP contribution in [0.3, 0.4) is 0 Å². The van der Waals surface area contributed by atoms with E-state index in [9.17, 15) is 4.39 Å². The lowest BCUT2D eigenvalue weighted by atomic mass is 9.74. The molecule has 0 amide bonds. The summed E-state index contributed by atoms with van der Waals surface area (Å²) in [6, 6.07) is 5.85. The number of hydrogen-bond acceptors (Lipinski definition) is 0. The molecule has 0 atom stereocenters. The van der Waals surface area contributed by atoms with Gasteiger partial charge in [0, 0.05) is 0 Å². The van der Waals surface area contributed by atoms with E-state index in [1.807, 2.05) is 13.0 Å². The van der Waals surface area contributed by atoms with Crippen molar-refractivity contribution in [3.05, 3.63) is 41.1 Å². The minimum atomic E-state index is -0.0381. The van der Waals surface area contributed by atoms with Gasteiger partial charge in [0.05, 0.1) is 0 Å². The lowest BCUT2D eigenvalue weighted by molar-refractivity contribution is 0.270. The molecule has 0 bridgehead atoms. The molecule has 1 heteroatoms. The van der Waals surface area contributed by atoms with E-state index < -0.39 is 0 Å². The number of benzene rings is 1. The van der Waals surface area contributed by atoms with Crippen molar-refractivity contribution in [2.75, 3.05) is 0 Å². The summed E-state index contributed by atoms with van der Waals surface area (Å²) < 4.78 is 13.8. The molecule has 3 rings (SSSR count). The Hall–Kier alpha value is -0.850. The molecule has 2 fully saturated rings. The van der Waals surface area contributed by atoms with Crippen LogP contribution < -0.4 is 0 Å². The Morgan fingerprint density at radius 3 is 2.35 bits per heavy atom. The third-order valence-electron chi connectivity index (χ3n) is 6.40. The molecule has 23 heavy (non-hydrogen) atoms. The number of aryl methyl sites for hydroxylation is 1. The molecule has 2 saturated carbocycles. The number of halogens is 1. The number of rotatable bonds is 4. The molecular formula is C22H32F. The van der Waals surface area contributed by atoms with Crippen LogP contribution >= 0.6 is 0 Å². The summed E-state index contributed by atoms with van der Waals surface area (Å²) in [5.41, 5.74) is 1.98. The van der Waals surface area contributed by atoms with E-state index in [1.165, 1.54) is 69.8 Å². The molecule has 0 spiro atoms. The summed E-state index contributed by atoms with van der Waals surface area (Å²) in [5.74, 6) is 4.27. The molecule has 0 aliphatic heterocycles. The lowest BCUT2D eigenvalue weighted by Crippen LogP contribution is -2.16. The quantitative estimate of drug-likeness (QED) is 0.562. The van der Waals surface area contributed by atoms with Crippen LogP contribution in [0.2, 0.25) is 0 Å². The predicted octanol–water partition coefficient (Wildman–Crippen LogP) is 6.97. The van der Waals surface area contributed by atoms with E-state index in [-0.39, 0.29) is 5.82 Å². The Labute approximate surface area is 141 Å². The fraction of sp³-hybridized carbons (Fsp3) is 0.682. The van der Waals surface area contributed by atoms with Crippen LogP contribution in [0.25, 0.3) is 0 Å². The zero-order chi connectivity index (χ0) is 16.2. The summed E-state index contributed by atoms with van der Waals surface area (Å²) in [7, 11) is 0. The molecule has 2 aliphatic carbocycles. The standard InChI is InChI=1S/C22H32F/c1-16-3-6-18(7-4-16)8-9-19-10-13-20(14-11-19)21-12-5-17(2)22(23)15-21/h5,12,15-16,18,20H,3-4,6-11,13-14H2,1-2H3. The van der Waals surface area contributed by atoms with Gasteiger partial charge < -0.3 is 0 Å². The maximum absolute atomic E-state index is 13.8. The SMILES string of the molecule is Cc1ccc(C2CC[C](CCC3CCC(C)CC3)CC2)cc1F. The van der Waals surface area contributed by atoms with Gasteiger partial charge in [-0.05, 0) is 86.3 Å². The van der Waals surface area contributed by atoms with E-state index in [0.29, 0.717) is 5.92 Å². The first-order valence-electron chi connectivity index (χ1n) is 9.71. The van der Waals surface area contributed by atoms with E-state index >= 15 is 0 Å². The molecule has 0 saturated heterocycles. The van der Waals surface area contributed by atoms with Gasteiger partial charge in [0.25, 0.3) is 0 Å². The van der Waals surface area contributed by atoms with Crippen molar-refractivity contribution in [2.45, 2.75) is 84.0 Å². The first kappa shape index (κ1) is 17.0. The van der Waals surface area contributed by atoms with E-state index in [1.54, 1.807) is 12.0 Å². The fourth-order valence-corrected chi connectivity index (χ4v) is 4.50. The Morgan fingerprint density at radius 1 is 1.00 bits per heavy atom. The summed E-state index contributed by atoms with van der Waals surface area (Å²) in [6.07, 6.45) is 13.6. The van der Waals surface area contributed by atoms with Crippen LogP contribution in [-0.4, -0.2) is 0 Å². The predicted molar refractivity (Wildman–Crippen MR) is 95.9 cm³/mol. The van der Waals surface area contributed by atoms with Gasteiger partial charge in [0.15, 0.2) is 0 Å². The topological polar surface area (TPSA) is 0 Å². The second-order valence-electron chi connectivity index (χ2n) is 8.20. The first-order chi connectivity index (χ1) is 11.1. The lowest BCUT2D eigenvalue weighted by Gasteiger charge is -2.31. The molecule has 0 N–H and O–H groups in total. The van der Waals surface area contributed by atoms with Crippen LogP contribution in [-0.2, 0) is 0 Å². The maximum atomic E-state index is 13.8. The average Bonchev–Trinajstić information content (AvgIpc) is 2.57. The normalized spacial score (nSPS) is 27.3. The molecule has 0 unspecified atom stereocenters. The second-order valence-corrected chi connectivity index (χ2v) is 8.20. The van der Waals surface area contributed by atoms with Gasteiger partial charge >= 0.3 is 0 Å². The molecule has 1 aromatic carbocycles.